The summed E-state index contributed by atoms with van der Waals surface area (Å²) in [6.45, 7) is 0. The van der Waals surface area contributed by atoms with Crippen molar-refractivity contribution in [1.82, 2.24) is 0 Å². The molecule has 0 aliphatic carbocycles. The van der Waals surface area contributed by atoms with E-state index >= 15 is 0 Å². The van der Waals surface area contributed by atoms with Crippen molar-refractivity contribution in [2.75, 3.05) is 0 Å². The summed E-state index contributed by atoms with van der Waals surface area (Å²) in [5, 5.41) is 8.48. The molecule has 62 valence electrons. The molecule has 0 saturated carbocycles. The molecule has 0 aliphatic rings. The van der Waals surface area contributed by atoms with Crippen LogP contribution in [0.1, 0.15) is 5.56 Å². The zero-order valence-electron chi connectivity index (χ0n) is 5.94. The Kier molecular flexibility index (Phi) is 3.29. The fourth-order valence-corrected chi connectivity index (χ4v) is 1.84. The number of rotatable bonds is 1. The molecule has 0 unspecified atom stereocenters. The third kappa shape index (κ3) is 1.87. The summed E-state index contributed by atoms with van der Waals surface area (Å²) >= 11 is 7.67. The van der Waals surface area contributed by atoms with Crippen LogP contribution >= 0.6 is 34.2 Å². The van der Waals surface area contributed by atoms with Crippen molar-refractivity contribution in [2.24, 2.45) is 0 Å². The number of hydrogen-bond donors (Lipinski definition) is 0. The molecule has 1 aromatic rings. The van der Waals surface area contributed by atoms with E-state index in [9.17, 15) is 4.39 Å². The summed E-state index contributed by atoms with van der Waals surface area (Å²) < 4.78 is 13.7. The summed E-state index contributed by atoms with van der Waals surface area (Å²) in [5.74, 6) is -0.470. The van der Waals surface area contributed by atoms with Gasteiger partial charge in [-0.3, -0.25) is 0 Å². The molecule has 0 aromatic heterocycles. The van der Waals surface area contributed by atoms with Crippen molar-refractivity contribution in [3.8, 4) is 6.07 Å². The van der Waals surface area contributed by atoms with E-state index in [2.05, 4.69) is 0 Å². The lowest BCUT2D eigenvalue weighted by Gasteiger charge is -2.02. The van der Waals surface area contributed by atoms with Crippen LogP contribution in [-0.4, -0.2) is 0 Å². The van der Waals surface area contributed by atoms with Crippen LogP contribution < -0.4 is 0 Å². The van der Waals surface area contributed by atoms with Gasteiger partial charge in [0.25, 0.3) is 0 Å². The Balaban J connectivity index is 3.25. The largest absolute Gasteiger partial charge is 0.205 e. The molecule has 1 aromatic carbocycles. The zero-order chi connectivity index (χ0) is 9.14. The summed E-state index contributed by atoms with van der Waals surface area (Å²) in [4.78, 5) is 0. The highest BCUT2D eigenvalue weighted by atomic mass is 127. The van der Waals surface area contributed by atoms with Crippen LogP contribution in [0.25, 0.3) is 0 Å². The molecule has 0 aliphatic heterocycles. The van der Waals surface area contributed by atoms with E-state index in [-0.39, 0.29) is 11.4 Å². The van der Waals surface area contributed by atoms with Crippen molar-refractivity contribution >= 4 is 34.2 Å². The second-order valence-corrected chi connectivity index (χ2v) is 3.70. The standard InChI is InChI=1S/C8H4ClFIN/c9-8-5(3-4-12)7(11)2-1-6(8)10/h1-2H,3H2. The molecule has 4 heteroatoms. The Hall–Kier alpha value is -0.340. The van der Waals surface area contributed by atoms with Gasteiger partial charge in [0.2, 0.25) is 0 Å². The predicted octanol–water partition coefficient (Wildman–Crippen LogP) is 3.15. The zero-order valence-corrected chi connectivity index (χ0v) is 8.86. The molecular weight excluding hydrogens is 291 g/mol. The molecule has 1 rings (SSSR count). The SMILES string of the molecule is N#CCc1c(I)ccc(F)c1Cl. The Morgan fingerprint density at radius 3 is 2.83 bits per heavy atom. The van der Waals surface area contributed by atoms with Gasteiger partial charge < -0.3 is 0 Å². The first kappa shape index (κ1) is 9.75. The lowest BCUT2D eigenvalue weighted by Crippen LogP contribution is -1.91. The molecule has 0 heterocycles. The van der Waals surface area contributed by atoms with Gasteiger partial charge in [-0.15, -0.1) is 0 Å². The fourth-order valence-electron chi connectivity index (χ4n) is 0.810. The van der Waals surface area contributed by atoms with E-state index in [0.29, 0.717) is 5.56 Å². The van der Waals surface area contributed by atoms with Gasteiger partial charge in [-0.1, -0.05) is 11.6 Å². The van der Waals surface area contributed by atoms with Gasteiger partial charge in [0.15, 0.2) is 0 Å². The maximum absolute atomic E-state index is 12.8. The maximum atomic E-state index is 12.8. The summed E-state index contributed by atoms with van der Waals surface area (Å²) in [6, 6.07) is 4.84. The molecule has 0 bridgehead atoms. The molecule has 1 nitrogen and oxygen atoms in total. The van der Waals surface area contributed by atoms with E-state index in [4.69, 9.17) is 16.9 Å². The molecular formula is C8H4ClFIN. The van der Waals surface area contributed by atoms with Crippen LogP contribution in [0.2, 0.25) is 5.02 Å². The lowest BCUT2D eigenvalue weighted by atomic mass is 10.2. The van der Waals surface area contributed by atoms with Gasteiger partial charge in [0.05, 0.1) is 17.5 Å². The first-order valence-electron chi connectivity index (χ1n) is 3.16. The highest BCUT2D eigenvalue weighted by molar-refractivity contribution is 14.1. The van der Waals surface area contributed by atoms with Crippen LogP contribution in [0, 0.1) is 20.7 Å². The van der Waals surface area contributed by atoms with E-state index in [0.717, 1.165) is 3.57 Å². The molecule has 0 N–H and O–H groups in total. The van der Waals surface area contributed by atoms with Crippen molar-refractivity contribution in [3.63, 3.8) is 0 Å². The molecule has 0 atom stereocenters. The Morgan fingerprint density at radius 2 is 2.25 bits per heavy atom. The van der Waals surface area contributed by atoms with E-state index in [1.165, 1.54) is 6.07 Å². The minimum absolute atomic E-state index is 0.0588. The average molecular weight is 295 g/mol. The maximum Gasteiger partial charge on any atom is 0.142 e. The third-order valence-electron chi connectivity index (χ3n) is 1.39. The van der Waals surface area contributed by atoms with Gasteiger partial charge in [-0.05, 0) is 34.7 Å². The fraction of sp³-hybridized carbons (Fsp3) is 0.125. The predicted molar refractivity (Wildman–Crippen MR) is 53.4 cm³/mol. The van der Waals surface area contributed by atoms with Crippen LogP contribution in [-0.2, 0) is 6.42 Å². The number of nitrogens with zero attached hydrogens (tertiary/aromatic N) is 1. The van der Waals surface area contributed by atoms with Gasteiger partial charge in [0, 0.05) is 9.13 Å². The minimum Gasteiger partial charge on any atom is -0.205 e. The van der Waals surface area contributed by atoms with Crippen LogP contribution in [0.5, 0.6) is 0 Å². The molecule has 0 saturated heterocycles. The summed E-state index contributed by atoms with van der Waals surface area (Å²) in [7, 11) is 0. The smallest absolute Gasteiger partial charge is 0.142 e. The average Bonchev–Trinajstić information content (AvgIpc) is 2.06. The van der Waals surface area contributed by atoms with Crippen molar-refractivity contribution in [3.05, 3.63) is 32.1 Å². The van der Waals surface area contributed by atoms with E-state index in [1.54, 1.807) is 6.07 Å². The van der Waals surface area contributed by atoms with E-state index in [1.807, 2.05) is 28.7 Å². The number of benzene rings is 1. The molecule has 12 heavy (non-hydrogen) atoms. The minimum atomic E-state index is -0.470. The van der Waals surface area contributed by atoms with Gasteiger partial charge in [-0.2, -0.15) is 5.26 Å². The Morgan fingerprint density at radius 1 is 1.58 bits per heavy atom. The molecule has 0 fully saturated rings. The van der Waals surface area contributed by atoms with E-state index < -0.39 is 5.82 Å². The first-order chi connectivity index (χ1) is 5.66. The lowest BCUT2D eigenvalue weighted by molar-refractivity contribution is 0.626. The monoisotopic (exact) mass is 295 g/mol. The number of hydrogen-bond acceptors (Lipinski definition) is 1. The van der Waals surface area contributed by atoms with Gasteiger partial charge in [-0.25, -0.2) is 4.39 Å². The van der Waals surface area contributed by atoms with Crippen LogP contribution in [0.4, 0.5) is 4.39 Å². The third-order valence-corrected chi connectivity index (χ3v) is 2.81. The Bertz CT molecular complexity index is 346. The van der Waals surface area contributed by atoms with Crippen molar-refractivity contribution in [2.45, 2.75) is 6.42 Å². The summed E-state index contributed by atoms with van der Waals surface area (Å²) in [6.07, 6.45) is 0.148. The van der Waals surface area contributed by atoms with Gasteiger partial charge >= 0.3 is 0 Å². The van der Waals surface area contributed by atoms with Gasteiger partial charge in [0.1, 0.15) is 5.82 Å². The summed E-state index contributed by atoms with van der Waals surface area (Å²) in [5.41, 5.74) is 0.569. The highest BCUT2D eigenvalue weighted by Crippen LogP contribution is 2.24. The van der Waals surface area contributed by atoms with Crippen molar-refractivity contribution < 1.29 is 4.39 Å². The second kappa shape index (κ2) is 4.06. The van der Waals surface area contributed by atoms with Crippen LogP contribution in [0.3, 0.4) is 0 Å². The Labute approximate surface area is 88.3 Å². The first-order valence-corrected chi connectivity index (χ1v) is 4.62. The molecule has 0 amide bonds. The number of nitriles is 1. The van der Waals surface area contributed by atoms with Crippen molar-refractivity contribution in [1.29, 1.82) is 5.26 Å². The number of halogens is 3. The van der Waals surface area contributed by atoms with Crippen LogP contribution in [0.15, 0.2) is 12.1 Å². The molecule has 0 radical (unpaired) electrons. The normalized spacial score (nSPS) is 9.50. The quantitative estimate of drug-likeness (QED) is 0.577. The second-order valence-electron chi connectivity index (χ2n) is 2.16. The topological polar surface area (TPSA) is 23.8 Å². The molecule has 0 spiro atoms. The highest BCUT2D eigenvalue weighted by Gasteiger charge is 2.08.